The summed E-state index contributed by atoms with van der Waals surface area (Å²) in [6, 6.07) is 1.79. The Balaban J connectivity index is 2.08. The lowest BCUT2D eigenvalue weighted by Gasteiger charge is -2.10. The highest BCUT2D eigenvalue weighted by atomic mass is 32.2. The summed E-state index contributed by atoms with van der Waals surface area (Å²) in [5, 5.41) is 0. The standard InChI is InChI=1S/C13H21N5O2S/c1-11(2)18-9-13(7-12(18)8-14)21(19,20)16-4-6-17-5-3-15-10-17/h3,5,7,9-11,16H,4,6,8,14H2,1-2H3. The van der Waals surface area contributed by atoms with Gasteiger partial charge in [0.1, 0.15) is 0 Å². The Labute approximate surface area is 124 Å². The first-order chi connectivity index (χ1) is 9.94. The summed E-state index contributed by atoms with van der Waals surface area (Å²) in [5.41, 5.74) is 6.47. The molecule has 0 aliphatic carbocycles. The highest BCUT2D eigenvalue weighted by Gasteiger charge is 2.18. The minimum Gasteiger partial charge on any atom is -0.346 e. The van der Waals surface area contributed by atoms with Gasteiger partial charge in [-0.1, -0.05) is 0 Å². The molecule has 2 heterocycles. The molecule has 0 unspecified atom stereocenters. The maximum absolute atomic E-state index is 12.3. The highest BCUT2D eigenvalue weighted by Crippen LogP contribution is 2.18. The Morgan fingerprint density at radius 1 is 1.43 bits per heavy atom. The number of nitrogens with zero attached hydrogens (tertiary/aromatic N) is 3. The van der Waals surface area contributed by atoms with E-state index in [0.29, 0.717) is 19.6 Å². The van der Waals surface area contributed by atoms with Gasteiger partial charge in [0.25, 0.3) is 0 Å². The smallest absolute Gasteiger partial charge is 0.242 e. The van der Waals surface area contributed by atoms with Crippen molar-refractivity contribution in [2.45, 2.75) is 37.9 Å². The van der Waals surface area contributed by atoms with Gasteiger partial charge < -0.3 is 14.9 Å². The first kappa shape index (κ1) is 15.7. The molecule has 0 saturated heterocycles. The molecular weight excluding hydrogens is 290 g/mol. The number of hydrogen-bond donors (Lipinski definition) is 2. The van der Waals surface area contributed by atoms with Gasteiger partial charge in [0.05, 0.1) is 11.2 Å². The van der Waals surface area contributed by atoms with Crippen LogP contribution in [0.1, 0.15) is 25.6 Å². The monoisotopic (exact) mass is 311 g/mol. The number of aromatic nitrogens is 3. The van der Waals surface area contributed by atoms with Crippen molar-refractivity contribution in [3.05, 3.63) is 36.7 Å². The van der Waals surface area contributed by atoms with Crippen LogP contribution in [0.15, 0.2) is 35.9 Å². The Bertz CT molecular complexity index is 673. The molecule has 0 aliphatic rings. The van der Waals surface area contributed by atoms with Crippen LogP contribution in [0.4, 0.5) is 0 Å². The van der Waals surface area contributed by atoms with E-state index in [1.54, 1.807) is 31.0 Å². The number of sulfonamides is 1. The summed E-state index contributed by atoms with van der Waals surface area (Å²) < 4.78 is 30.8. The predicted octanol–water partition coefficient (Wildman–Crippen LogP) is 0.703. The first-order valence-corrected chi connectivity index (χ1v) is 8.28. The third-order valence-corrected chi connectivity index (χ3v) is 4.63. The molecule has 8 heteroatoms. The van der Waals surface area contributed by atoms with Gasteiger partial charge >= 0.3 is 0 Å². The average molecular weight is 311 g/mol. The number of hydrogen-bond acceptors (Lipinski definition) is 4. The summed E-state index contributed by atoms with van der Waals surface area (Å²) in [6.07, 6.45) is 6.73. The quantitative estimate of drug-likeness (QED) is 0.787. The van der Waals surface area contributed by atoms with E-state index in [1.165, 1.54) is 0 Å². The van der Waals surface area contributed by atoms with Crippen LogP contribution in [0.2, 0.25) is 0 Å². The van der Waals surface area contributed by atoms with E-state index in [9.17, 15) is 8.42 Å². The van der Waals surface area contributed by atoms with Crippen LogP contribution >= 0.6 is 0 Å². The van der Waals surface area contributed by atoms with Crippen LogP contribution in [0, 0.1) is 0 Å². The third kappa shape index (κ3) is 3.72. The number of nitrogens with one attached hydrogen (secondary N) is 1. The minimum absolute atomic E-state index is 0.165. The lowest BCUT2D eigenvalue weighted by Crippen LogP contribution is -2.27. The van der Waals surface area contributed by atoms with E-state index < -0.39 is 10.0 Å². The number of imidazole rings is 1. The molecule has 2 aromatic rings. The molecule has 0 fully saturated rings. The molecule has 2 rings (SSSR count). The maximum atomic E-state index is 12.3. The number of rotatable bonds is 7. The normalized spacial score (nSPS) is 12.2. The maximum Gasteiger partial charge on any atom is 0.242 e. The van der Waals surface area contributed by atoms with Crippen molar-refractivity contribution in [1.82, 2.24) is 18.8 Å². The van der Waals surface area contributed by atoms with Gasteiger partial charge in [0.2, 0.25) is 10.0 Å². The molecule has 0 atom stereocenters. The molecule has 0 amide bonds. The van der Waals surface area contributed by atoms with Gasteiger partial charge in [-0.05, 0) is 19.9 Å². The molecule has 21 heavy (non-hydrogen) atoms. The zero-order valence-electron chi connectivity index (χ0n) is 12.2. The van der Waals surface area contributed by atoms with Crippen LogP contribution in [0.25, 0.3) is 0 Å². The van der Waals surface area contributed by atoms with Crippen molar-refractivity contribution in [1.29, 1.82) is 0 Å². The fourth-order valence-electron chi connectivity index (χ4n) is 2.10. The highest BCUT2D eigenvalue weighted by molar-refractivity contribution is 7.89. The number of nitrogens with two attached hydrogens (primary N) is 1. The van der Waals surface area contributed by atoms with Crippen molar-refractivity contribution in [3.63, 3.8) is 0 Å². The molecule has 0 bridgehead atoms. The zero-order valence-corrected chi connectivity index (χ0v) is 13.0. The average Bonchev–Trinajstić information content (AvgIpc) is 3.07. The second kappa shape index (κ2) is 6.42. The summed E-state index contributed by atoms with van der Waals surface area (Å²) >= 11 is 0. The van der Waals surface area contributed by atoms with Crippen molar-refractivity contribution < 1.29 is 8.42 Å². The minimum atomic E-state index is -3.52. The zero-order chi connectivity index (χ0) is 15.5. The Morgan fingerprint density at radius 3 is 2.71 bits per heavy atom. The SMILES string of the molecule is CC(C)n1cc(S(=O)(=O)NCCn2ccnc2)cc1CN. The molecule has 0 spiro atoms. The fraction of sp³-hybridized carbons (Fsp3) is 0.462. The van der Waals surface area contributed by atoms with E-state index in [-0.39, 0.29) is 10.9 Å². The third-order valence-electron chi connectivity index (χ3n) is 3.20. The largest absolute Gasteiger partial charge is 0.346 e. The molecule has 0 radical (unpaired) electrons. The van der Waals surface area contributed by atoms with Gasteiger partial charge in [-0.15, -0.1) is 0 Å². The van der Waals surface area contributed by atoms with Gasteiger partial charge in [-0.2, -0.15) is 0 Å². The molecule has 2 aromatic heterocycles. The van der Waals surface area contributed by atoms with Gasteiger partial charge in [0, 0.05) is 50.0 Å². The Hall–Kier alpha value is -1.64. The van der Waals surface area contributed by atoms with Gasteiger partial charge in [0.15, 0.2) is 0 Å². The second-order valence-electron chi connectivity index (χ2n) is 5.07. The summed E-state index contributed by atoms with van der Waals surface area (Å²) in [5.74, 6) is 0. The molecule has 0 saturated carbocycles. The molecule has 116 valence electrons. The predicted molar refractivity (Wildman–Crippen MR) is 80.1 cm³/mol. The Morgan fingerprint density at radius 2 is 2.19 bits per heavy atom. The summed E-state index contributed by atoms with van der Waals surface area (Å²) in [4.78, 5) is 4.16. The molecular formula is C13H21N5O2S. The van der Waals surface area contributed by atoms with Crippen molar-refractivity contribution >= 4 is 10.0 Å². The van der Waals surface area contributed by atoms with E-state index >= 15 is 0 Å². The molecule has 0 aliphatic heterocycles. The first-order valence-electron chi connectivity index (χ1n) is 6.80. The second-order valence-corrected chi connectivity index (χ2v) is 6.84. The van der Waals surface area contributed by atoms with Crippen LogP contribution in [-0.2, 0) is 23.1 Å². The topological polar surface area (TPSA) is 94.9 Å². The Kier molecular flexibility index (Phi) is 4.81. The lowest BCUT2D eigenvalue weighted by molar-refractivity contribution is 0.565. The van der Waals surface area contributed by atoms with Crippen molar-refractivity contribution in [2.75, 3.05) is 6.54 Å². The molecule has 7 nitrogen and oxygen atoms in total. The van der Waals surface area contributed by atoms with Gasteiger partial charge in [-0.3, -0.25) is 0 Å². The van der Waals surface area contributed by atoms with Gasteiger partial charge in [-0.25, -0.2) is 18.1 Å². The van der Waals surface area contributed by atoms with Crippen LogP contribution in [0.5, 0.6) is 0 Å². The summed E-state index contributed by atoms with van der Waals surface area (Å²) in [6.45, 7) is 5.13. The van der Waals surface area contributed by atoms with E-state index in [1.807, 2.05) is 23.0 Å². The summed E-state index contributed by atoms with van der Waals surface area (Å²) in [7, 11) is -3.52. The molecule has 3 N–H and O–H groups in total. The van der Waals surface area contributed by atoms with Crippen molar-refractivity contribution in [3.8, 4) is 0 Å². The molecule has 0 aromatic carbocycles. The van der Waals surface area contributed by atoms with E-state index in [4.69, 9.17) is 5.73 Å². The van der Waals surface area contributed by atoms with Crippen LogP contribution in [-0.4, -0.2) is 29.1 Å². The van der Waals surface area contributed by atoms with E-state index in [0.717, 1.165) is 5.69 Å². The van der Waals surface area contributed by atoms with Crippen LogP contribution in [0.3, 0.4) is 0 Å². The van der Waals surface area contributed by atoms with Crippen LogP contribution < -0.4 is 10.5 Å². The fourth-order valence-corrected chi connectivity index (χ4v) is 3.17. The lowest BCUT2D eigenvalue weighted by atomic mass is 10.3. The van der Waals surface area contributed by atoms with Crippen molar-refractivity contribution in [2.24, 2.45) is 5.73 Å². The van der Waals surface area contributed by atoms with E-state index in [2.05, 4.69) is 9.71 Å².